The molecule has 2 nitrogen and oxygen atoms in total. The zero-order chi connectivity index (χ0) is 14.0. The van der Waals surface area contributed by atoms with Crippen LogP contribution in [0.5, 0.6) is 5.75 Å². The van der Waals surface area contributed by atoms with Crippen LogP contribution in [0.1, 0.15) is 26.3 Å². The van der Waals surface area contributed by atoms with Crippen LogP contribution in [-0.4, -0.2) is 5.97 Å². The third kappa shape index (κ3) is 3.02. The highest BCUT2D eigenvalue weighted by molar-refractivity contribution is 5.87. The van der Waals surface area contributed by atoms with Gasteiger partial charge < -0.3 is 4.74 Å². The first-order valence-corrected chi connectivity index (χ1v) is 6.29. The topological polar surface area (TPSA) is 26.3 Å². The van der Waals surface area contributed by atoms with Crippen molar-refractivity contribution in [3.05, 3.63) is 48.5 Å². The van der Waals surface area contributed by atoms with E-state index in [0.29, 0.717) is 5.75 Å². The Bertz CT molecular complexity index is 633. The SMILES string of the molecule is C=Cc1ccc2cc(OC(=O)C(C)(C)C)ccc2c1. The van der Waals surface area contributed by atoms with Crippen LogP contribution in [-0.2, 0) is 4.79 Å². The van der Waals surface area contributed by atoms with E-state index < -0.39 is 5.41 Å². The lowest BCUT2D eigenvalue weighted by atomic mass is 9.97. The summed E-state index contributed by atoms with van der Waals surface area (Å²) in [5, 5.41) is 2.15. The standard InChI is InChI=1S/C17H18O2/c1-5-12-6-7-14-11-15(9-8-13(14)10-12)19-16(18)17(2,3)4/h5-11H,1H2,2-4H3. The van der Waals surface area contributed by atoms with Crippen LogP contribution in [0.4, 0.5) is 0 Å². The molecule has 0 N–H and O–H groups in total. The molecule has 0 atom stereocenters. The van der Waals surface area contributed by atoms with Crippen LogP contribution in [0.2, 0.25) is 0 Å². The lowest BCUT2D eigenvalue weighted by Gasteiger charge is -2.16. The molecular formula is C17H18O2. The van der Waals surface area contributed by atoms with Gasteiger partial charge in [-0.3, -0.25) is 4.79 Å². The van der Waals surface area contributed by atoms with E-state index in [1.165, 1.54) is 0 Å². The van der Waals surface area contributed by atoms with Crippen LogP contribution in [0.15, 0.2) is 43.0 Å². The van der Waals surface area contributed by atoms with Gasteiger partial charge in [0.15, 0.2) is 0 Å². The second-order valence-electron chi connectivity index (χ2n) is 5.61. The number of carbonyl (C=O) groups excluding carboxylic acids is 1. The van der Waals surface area contributed by atoms with Crippen molar-refractivity contribution in [1.82, 2.24) is 0 Å². The summed E-state index contributed by atoms with van der Waals surface area (Å²) >= 11 is 0. The molecule has 0 spiro atoms. The molecule has 0 aliphatic carbocycles. The maximum absolute atomic E-state index is 11.8. The molecule has 2 heteroatoms. The fraction of sp³-hybridized carbons (Fsp3) is 0.235. The second kappa shape index (κ2) is 4.88. The Morgan fingerprint density at radius 2 is 1.74 bits per heavy atom. The third-order valence-electron chi connectivity index (χ3n) is 2.89. The van der Waals surface area contributed by atoms with E-state index >= 15 is 0 Å². The summed E-state index contributed by atoms with van der Waals surface area (Å²) in [6.07, 6.45) is 1.81. The van der Waals surface area contributed by atoms with Gasteiger partial charge in [0.05, 0.1) is 5.41 Å². The summed E-state index contributed by atoms with van der Waals surface area (Å²) in [6, 6.07) is 11.7. The highest BCUT2D eigenvalue weighted by Gasteiger charge is 2.23. The molecule has 0 radical (unpaired) electrons. The molecule has 0 heterocycles. The molecule has 2 aromatic carbocycles. The number of benzene rings is 2. The zero-order valence-electron chi connectivity index (χ0n) is 11.6. The van der Waals surface area contributed by atoms with Crippen molar-refractivity contribution >= 4 is 22.8 Å². The van der Waals surface area contributed by atoms with Crippen molar-refractivity contribution in [2.24, 2.45) is 5.41 Å². The summed E-state index contributed by atoms with van der Waals surface area (Å²) in [5.41, 5.74) is 0.578. The number of ether oxygens (including phenoxy) is 1. The normalized spacial score (nSPS) is 11.3. The third-order valence-corrected chi connectivity index (χ3v) is 2.89. The Kier molecular flexibility index (Phi) is 3.43. The van der Waals surface area contributed by atoms with E-state index in [1.54, 1.807) is 0 Å². The summed E-state index contributed by atoms with van der Waals surface area (Å²) in [4.78, 5) is 11.8. The van der Waals surface area contributed by atoms with Gasteiger partial charge >= 0.3 is 5.97 Å². The van der Waals surface area contributed by atoms with Gasteiger partial charge in [0.1, 0.15) is 5.75 Å². The van der Waals surface area contributed by atoms with Gasteiger partial charge in [0.25, 0.3) is 0 Å². The largest absolute Gasteiger partial charge is 0.426 e. The summed E-state index contributed by atoms with van der Waals surface area (Å²) in [7, 11) is 0. The van der Waals surface area contributed by atoms with Crippen LogP contribution >= 0.6 is 0 Å². The molecule has 2 rings (SSSR count). The molecule has 0 aromatic heterocycles. The summed E-state index contributed by atoms with van der Waals surface area (Å²) in [6.45, 7) is 9.27. The number of fused-ring (bicyclic) bond motifs is 1. The predicted octanol–water partition coefficient (Wildman–Crippen LogP) is 4.43. The Hall–Kier alpha value is -2.09. The van der Waals surface area contributed by atoms with E-state index in [-0.39, 0.29) is 5.97 Å². The van der Waals surface area contributed by atoms with E-state index in [4.69, 9.17) is 4.74 Å². The number of rotatable bonds is 2. The fourth-order valence-electron chi connectivity index (χ4n) is 1.69. The molecular weight excluding hydrogens is 236 g/mol. The first-order valence-electron chi connectivity index (χ1n) is 6.29. The molecule has 0 aliphatic rings. The van der Waals surface area contributed by atoms with Gasteiger partial charge in [-0.05, 0) is 55.3 Å². The Morgan fingerprint density at radius 3 is 2.37 bits per heavy atom. The number of carbonyl (C=O) groups is 1. The molecule has 19 heavy (non-hydrogen) atoms. The molecule has 0 saturated carbocycles. The zero-order valence-corrected chi connectivity index (χ0v) is 11.6. The van der Waals surface area contributed by atoms with Crippen molar-refractivity contribution < 1.29 is 9.53 Å². The second-order valence-corrected chi connectivity index (χ2v) is 5.61. The van der Waals surface area contributed by atoms with Crippen molar-refractivity contribution in [1.29, 1.82) is 0 Å². The number of hydrogen-bond donors (Lipinski definition) is 0. The van der Waals surface area contributed by atoms with Crippen molar-refractivity contribution in [3.8, 4) is 5.75 Å². The van der Waals surface area contributed by atoms with Gasteiger partial charge in [0, 0.05) is 0 Å². The van der Waals surface area contributed by atoms with E-state index in [0.717, 1.165) is 16.3 Å². The lowest BCUT2D eigenvalue weighted by molar-refractivity contribution is -0.142. The van der Waals surface area contributed by atoms with Gasteiger partial charge in [0.2, 0.25) is 0 Å². The smallest absolute Gasteiger partial charge is 0.316 e. The minimum Gasteiger partial charge on any atom is -0.426 e. The quantitative estimate of drug-likeness (QED) is 0.585. The monoisotopic (exact) mass is 254 g/mol. The van der Waals surface area contributed by atoms with Gasteiger partial charge in [-0.15, -0.1) is 0 Å². The van der Waals surface area contributed by atoms with E-state index in [9.17, 15) is 4.79 Å². The van der Waals surface area contributed by atoms with Gasteiger partial charge in [-0.25, -0.2) is 0 Å². The first kappa shape index (κ1) is 13.3. The highest BCUT2D eigenvalue weighted by atomic mass is 16.5. The predicted molar refractivity (Wildman–Crippen MR) is 79.1 cm³/mol. The van der Waals surface area contributed by atoms with Crippen LogP contribution in [0, 0.1) is 5.41 Å². The van der Waals surface area contributed by atoms with Crippen molar-refractivity contribution in [2.45, 2.75) is 20.8 Å². The molecule has 0 unspecified atom stereocenters. The van der Waals surface area contributed by atoms with Gasteiger partial charge in [-0.2, -0.15) is 0 Å². The highest BCUT2D eigenvalue weighted by Crippen LogP contribution is 2.24. The van der Waals surface area contributed by atoms with Crippen LogP contribution in [0.3, 0.4) is 0 Å². The number of esters is 1. The van der Waals surface area contributed by atoms with E-state index in [2.05, 4.69) is 12.6 Å². The van der Waals surface area contributed by atoms with Crippen LogP contribution in [0.25, 0.3) is 16.8 Å². The number of hydrogen-bond acceptors (Lipinski definition) is 2. The Balaban J connectivity index is 2.32. The fourth-order valence-corrected chi connectivity index (χ4v) is 1.69. The average Bonchev–Trinajstić information content (AvgIpc) is 2.37. The molecule has 0 fully saturated rings. The van der Waals surface area contributed by atoms with Crippen molar-refractivity contribution in [2.75, 3.05) is 0 Å². The minimum absolute atomic E-state index is 0.227. The summed E-state index contributed by atoms with van der Waals surface area (Å²) in [5.74, 6) is 0.355. The van der Waals surface area contributed by atoms with Crippen LogP contribution < -0.4 is 4.74 Å². The minimum atomic E-state index is -0.498. The van der Waals surface area contributed by atoms with E-state index in [1.807, 2.05) is 57.2 Å². The Labute approximate surface area is 113 Å². The Morgan fingerprint density at radius 1 is 1.11 bits per heavy atom. The molecule has 0 aliphatic heterocycles. The molecule has 0 bridgehead atoms. The van der Waals surface area contributed by atoms with Gasteiger partial charge in [-0.1, -0.05) is 30.9 Å². The maximum atomic E-state index is 11.8. The molecule has 98 valence electrons. The first-order chi connectivity index (χ1) is 8.90. The summed E-state index contributed by atoms with van der Waals surface area (Å²) < 4.78 is 5.38. The maximum Gasteiger partial charge on any atom is 0.316 e. The average molecular weight is 254 g/mol. The molecule has 0 saturated heterocycles. The lowest BCUT2D eigenvalue weighted by Crippen LogP contribution is -2.25. The molecule has 0 amide bonds. The van der Waals surface area contributed by atoms with Crippen molar-refractivity contribution in [3.63, 3.8) is 0 Å². The molecule has 2 aromatic rings.